The third kappa shape index (κ3) is 5.83. The smallest absolute Gasteiger partial charge is 0.349 e. The van der Waals surface area contributed by atoms with Gasteiger partial charge in [-0.1, -0.05) is 20.8 Å². The molecule has 0 fully saturated rings. The second-order valence-corrected chi connectivity index (χ2v) is 8.43. The largest absolute Gasteiger partial charge is 0.451 e. The molecule has 160 valence electrons. The van der Waals surface area contributed by atoms with Crippen molar-refractivity contribution in [1.29, 1.82) is 0 Å². The first-order chi connectivity index (χ1) is 13.9. The molecular formula is C19H20FN3O6S. The van der Waals surface area contributed by atoms with E-state index in [1.807, 2.05) is 0 Å². The van der Waals surface area contributed by atoms with Crippen LogP contribution in [0, 0.1) is 28.3 Å². The number of nitrogens with zero attached hydrogens (tertiary/aromatic N) is 1. The summed E-state index contributed by atoms with van der Waals surface area (Å²) in [7, 11) is 0. The summed E-state index contributed by atoms with van der Waals surface area (Å²) in [5, 5.41) is 16.2. The molecule has 0 radical (unpaired) electrons. The number of nitro groups is 1. The summed E-state index contributed by atoms with van der Waals surface area (Å²) < 4.78 is 18.3. The molecule has 0 aliphatic carbocycles. The van der Waals surface area contributed by atoms with Gasteiger partial charge in [-0.3, -0.25) is 19.7 Å². The zero-order valence-electron chi connectivity index (χ0n) is 16.7. The zero-order valence-corrected chi connectivity index (χ0v) is 17.5. The average molecular weight is 437 g/mol. The predicted octanol–water partition coefficient (Wildman–Crippen LogP) is 3.88. The SMILES string of the molecule is Cc1cc(NC(=O)C(C)(C)C)sc1C(=O)OCC(=O)Nc1ccc(F)c([N+](=O)[O-])c1. The Morgan fingerprint density at radius 3 is 2.47 bits per heavy atom. The van der Waals surface area contributed by atoms with Gasteiger partial charge in [-0.25, -0.2) is 4.79 Å². The molecule has 0 bridgehead atoms. The standard InChI is InChI=1S/C19H20FN3O6S/c1-10-7-15(22-18(26)19(2,3)4)30-16(10)17(25)29-9-14(24)21-11-5-6-12(20)13(8-11)23(27)28/h5-8H,9H2,1-4H3,(H,21,24)(H,22,26). The summed E-state index contributed by atoms with van der Waals surface area (Å²) in [6.45, 7) is 6.29. The number of rotatable bonds is 6. The van der Waals surface area contributed by atoms with Gasteiger partial charge in [-0.05, 0) is 30.7 Å². The van der Waals surface area contributed by atoms with Gasteiger partial charge < -0.3 is 15.4 Å². The summed E-state index contributed by atoms with van der Waals surface area (Å²) in [5.41, 5.74) is -0.831. The molecule has 11 heteroatoms. The molecule has 0 spiro atoms. The van der Waals surface area contributed by atoms with Crippen LogP contribution in [0.25, 0.3) is 0 Å². The summed E-state index contributed by atoms with van der Waals surface area (Å²) in [6.07, 6.45) is 0. The van der Waals surface area contributed by atoms with Gasteiger partial charge in [0, 0.05) is 17.2 Å². The number of anilines is 2. The monoisotopic (exact) mass is 437 g/mol. The summed E-state index contributed by atoms with van der Waals surface area (Å²) in [6, 6.07) is 4.49. The lowest BCUT2D eigenvalue weighted by Crippen LogP contribution is -2.27. The maximum Gasteiger partial charge on any atom is 0.349 e. The molecule has 2 rings (SSSR count). The number of thiophene rings is 1. The highest BCUT2D eigenvalue weighted by molar-refractivity contribution is 7.18. The lowest BCUT2D eigenvalue weighted by atomic mass is 9.96. The fourth-order valence-corrected chi connectivity index (χ4v) is 3.13. The first-order valence-electron chi connectivity index (χ1n) is 8.71. The van der Waals surface area contributed by atoms with Crippen molar-refractivity contribution in [3.8, 4) is 0 Å². The Hall–Kier alpha value is -3.34. The zero-order chi connectivity index (χ0) is 22.6. The molecule has 1 heterocycles. The molecule has 0 aliphatic heterocycles. The van der Waals surface area contributed by atoms with Crippen LogP contribution < -0.4 is 10.6 Å². The molecule has 0 unspecified atom stereocenters. The first kappa shape index (κ1) is 22.9. The fourth-order valence-electron chi connectivity index (χ4n) is 2.17. The number of hydrogen-bond donors (Lipinski definition) is 2. The normalized spacial score (nSPS) is 11.0. The minimum absolute atomic E-state index is 0.0105. The average Bonchev–Trinajstić information content (AvgIpc) is 3.00. The molecule has 0 saturated carbocycles. The summed E-state index contributed by atoms with van der Waals surface area (Å²) in [4.78, 5) is 46.3. The Morgan fingerprint density at radius 1 is 1.20 bits per heavy atom. The fraction of sp³-hybridized carbons (Fsp3) is 0.316. The molecule has 0 atom stereocenters. The molecule has 30 heavy (non-hydrogen) atoms. The number of nitrogens with one attached hydrogen (secondary N) is 2. The highest BCUT2D eigenvalue weighted by atomic mass is 32.1. The Balaban J connectivity index is 1.97. The Bertz CT molecular complexity index is 1010. The number of carbonyl (C=O) groups excluding carboxylic acids is 3. The van der Waals surface area contributed by atoms with Gasteiger partial charge in [0.25, 0.3) is 5.91 Å². The van der Waals surface area contributed by atoms with Crippen LogP contribution in [0.4, 0.5) is 20.8 Å². The van der Waals surface area contributed by atoms with Crippen molar-refractivity contribution in [2.24, 2.45) is 5.41 Å². The van der Waals surface area contributed by atoms with E-state index in [4.69, 9.17) is 4.74 Å². The van der Waals surface area contributed by atoms with Crippen molar-refractivity contribution in [1.82, 2.24) is 0 Å². The molecule has 2 amide bonds. The highest BCUT2D eigenvalue weighted by Gasteiger charge is 2.23. The van der Waals surface area contributed by atoms with E-state index < -0.39 is 40.3 Å². The lowest BCUT2D eigenvalue weighted by Gasteiger charge is -2.16. The molecule has 1 aromatic carbocycles. The van der Waals surface area contributed by atoms with Crippen LogP contribution in [0.1, 0.15) is 36.0 Å². The van der Waals surface area contributed by atoms with Gasteiger partial charge in [0.15, 0.2) is 6.61 Å². The maximum atomic E-state index is 13.3. The van der Waals surface area contributed by atoms with Gasteiger partial charge >= 0.3 is 11.7 Å². The number of nitro benzene ring substituents is 1. The van der Waals surface area contributed by atoms with E-state index in [9.17, 15) is 28.9 Å². The van der Waals surface area contributed by atoms with Crippen molar-refractivity contribution in [3.05, 3.63) is 50.6 Å². The second-order valence-electron chi connectivity index (χ2n) is 7.37. The van der Waals surface area contributed by atoms with Gasteiger partial charge in [-0.15, -0.1) is 11.3 Å². The molecule has 1 aromatic heterocycles. The number of amides is 2. The Labute approximate surface area is 175 Å². The maximum absolute atomic E-state index is 13.3. The number of halogens is 1. The van der Waals surface area contributed by atoms with E-state index >= 15 is 0 Å². The van der Waals surface area contributed by atoms with Gasteiger partial charge in [0.2, 0.25) is 11.7 Å². The predicted molar refractivity (Wildman–Crippen MR) is 109 cm³/mol. The topological polar surface area (TPSA) is 128 Å². The molecule has 2 aromatic rings. The number of esters is 1. The molecular weight excluding hydrogens is 417 g/mol. The van der Waals surface area contributed by atoms with Crippen LogP contribution in [0.5, 0.6) is 0 Å². The van der Waals surface area contributed by atoms with Crippen LogP contribution in [0.15, 0.2) is 24.3 Å². The Kier molecular flexibility index (Phi) is 6.88. The number of ether oxygens (including phenoxy) is 1. The molecule has 2 N–H and O–H groups in total. The van der Waals surface area contributed by atoms with Crippen LogP contribution >= 0.6 is 11.3 Å². The van der Waals surface area contributed by atoms with E-state index in [1.165, 1.54) is 0 Å². The molecule has 0 saturated heterocycles. The minimum atomic E-state index is -1.04. The number of hydrogen-bond acceptors (Lipinski definition) is 7. The van der Waals surface area contributed by atoms with Crippen molar-refractivity contribution in [3.63, 3.8) is 0 Å². The lowest BCUT2D eigenvalue weighted by molar-refractivity contribution is -0.387. The van der Waals surface area contributed by atoms with Crippen LogP contribution in [-0.4, -0.2) is 29.3 Å². The quantitative estimate of drug-likeness (QED) is 0.401. The van der Waals surface area contributed by atoms with E-state index in [0.717, 1.165) is 29.5 Å². The summed E-state index contributed by atoms with van der Waals surface area (Å²) >= 11 is 1.02. The number of aryl methyl sites for hydroxylation is 1. The van der Waals surface area contributed by atoms with Crippen LogP contribution in [-0.2, 0) is 14.3 Å². The van der Waals surface area contributed by atoms with Crippen molar-refractivity contribution in [2.45, 2.75) is 27.7 Å². The minimum Gasteiger partial charge on any atom is -0.451 e. The van der Waals surface area contributed by atoms with Crippen molar-refractivity contribution < 1.29 is 28.4 Å². The van der Waals surface area contributed by atoms with Crippen LogP contribution in [0.2, 0.25) is 0 Å². The number of benzene rings is 1. The number of carbonyl (C=O) groups is 3. The Morgan fingerprint density at radius 2 is 1.87 bits per heavy atom. The molecule has 9 nitrogen and oxygen atoms in total. The van der Waals surface area contributed by atoms with E-state index in [1.54, 1.807) is 33.8 Å². The highest BCUT2D eigenvalue weighted by Crippen LogP contribution is 2.29. The van der Waals surface area contributed by atoms with Crippen LogP contribution in [0.3, 0.4) is 0 Å². The van der Waals surface area contributed by atoms with Gasteiger partial charge in [-0.2, -0.15) is 4.39 Å². The van der Waals surface area contributed by atoms with Gasteiger partial charge in [0.05, 0.1) is 9.92 Å². The van der Waals surface area contributed by atoms with E-state index in [-0.39, 0.29) is 16.5 Å². The first-order valence-corrected chi connectivity index (χ1v) is 9.53. The van der Waals surface area contributed by atoms with Crippen molar-refractivity contribution >= 4 is 45.5 Å². The van der Waals surface area contributed by atoms with E-state index in [0.29, 0.717) is 10.6 Å². The molecule has 0 aliphatic rings. The summed E-state index contributed by atoms with van der Waals surface area (Å²) in [5.74, 6) is -2.75. The second kappa shape index (κ2) is 8.99. The third-order valence-corrected chi connectivity index (χ3v) is 4.91. The third-order valence-electron chi connectivity index (χ3n) is 3.78. The van der Waals surface area contributed by atoms with E-state index in [2.05, 4.69) is 10.6 Å². The van der Waals surface area contributed by atoms with Gasteiger partial charge in [0.1, 0.15) is 4.88 Å². The van der Waals surface area contributed by atoms with Crippen molar-refractivity contribution in [2.75, 3.05) is 17.2 Å².